The third-order valence-corrected chi connectivity index (χ3v) is 6.59. The molecule has 40 heavy (non-hydrogen) atoms. The number of ether oxygens (including phenoxy) is 2. The van der Waals surface area contributed by atoms with E-state index in [0.29, 0.717) is 17.2 Å². The first-order chi connectivity index (χ1) is 18.9. The number of carboxylic acid groups (broad SMARTS) is 1. The highest BCUT2D eigenvalue weighted by Crippen LogP contribution is 2.36. The van der Waals surface area contributed by atoms with Crippen LogP contribution in [0.4, 0.5) is 18.9 Å². The lowest BCUT2D eigenvalue weighted by atomic mass is 10.0. The molecule has 2 amide bonds. The van der Waals surface area contributed by atoms with Crippen molar-refractivity contribution in [2.75, 3.05) is 25.7 Å². The fraction of sp³-hybridized carbons (Fsp3) is 0.296. The molecule has 0 unspecified atom stereocenters. The number of benzene rings is 3. The molecule has 9 nitrogen and oxygen atoms in total. The Morgan fingerprint density at radius 2 is 1.88 bits per heavy atom. The lowest BCUT2D eigenvalue weighted by Gasteiger charge is -2.27. The molecule has 0 fully saturated rings. The van der Waals surface area contributed by atoms with Gasteiger partial charge in [-0.25, -0.2) is 4.79 Å². The van der Waals surface area contributed by atoms with Crippen LogP contribution in [-0.4, -0.2) is 61.9 Å². The summed E-state index contributed by atoms with van der Waals surface area (Å²) in [5.74, 6) is -1.99. The molecule has 3 N–H and O–H groups in total. The van der Waals surface area contributed by atoms with Crippen molar-refractivity contribution in [2.24, 2.45) is 0 Å². The first-order valence-corrected chi connectivity index (χ1v) is 12.7. The highest BCUT2D eigenvalue weighted by atomic mass is 79.9. The third kappa shape index (κ3) is 7.21. The Balaban J connectivity index is 0.000000559. The van der Waals surface area contributed by atoms with Gasteiger partial charge in [0.2, 0.25) is 5.91 Å². The first kappa shape index (κ1) is 30.7. The zero-order chi connectivity index (χ0) is 29.6. The molecule has 0 spiro atoms. The van der Waals surface area contributed by atoms with Crippen LogP contribution in [0.25, 0.3) is 10.8 Å². The normalized spacial score (nSPS) is 15.6. The second-order valence-electron chi connectivity index (χ2n) is 8.69. The summed E-state index contributed by atoms with van der Waals surface area (Å²) in [7, 11) is 3.32. The molecule has 0 saturated heterocycles. The zero-order valence-corrected chi connectivity index (χ0v) is 23.3. The average Bonchev–Trinajstić information content (AvgIpc) is 3.04. The minimum Gasteiger partial charge on any atom is -0.496 e. The molecular formula is C27H27BrF3N3O6. The number of likely N-dealkylation sites (N-methyl/N-ethyl adjacent to an activating group) is 1. The van der Waals surface area contributed by atoms with E-state index in [1.165, 1.54) is 0 Å². The van der Waals surface area contributed by atoms with E-state index in [4.69, 9.17) is 19.4 Å². The van der Waals surface area contributed by atoms with Crippen LogP contribution in [0.15, 0.2) is 59.1 Å². The molecule has 13 heteroatoms. The van der Waals surface area contributed by atoms with Crippen LogP contribution in [0.2, 0.25) is 0 Å². The largest absolute Gasteiger partial charge is 0.496 e. The van der Waals surface area contributed by atoms with Crippen LogP contribution >= 0.6 is 15.9 Å². The average molecular weight is 626 g/mol. The Morgan fingerprint density at radius 1 is 1.20 bits per heavy atom. The molecule has 1 aliphatic heterocycles. The fourth-order valence-corrected chi connectivity index (χ4v) is 4.28. The number of rotatable bonds is 6. The van der Waals surface area contributed by atoms with Crippen molar-refractivity contribution in [3.8, 4) is 11.5 Å². The summed E-state index contributed by atoms with van der Waals surface area (Å²) < 4.78 is 44.3. The minimum absolute atomic E-state index is 0.0497. The van der Waals surface area contributed by atoms with Gasteiger partial charge in [-0.1, -0.05) is 40.2 Å². The number of carbonyl (C=O) groups is 3. The molecular weight excluding hydrogens is 599 g/mol. The van der Waals surface area contributed by atoms with Gasteiger partial charge in [0.05, 0.1) is 25.4 Å². The Kier molecular flexibility index (Phi) is 9.98. The number of hydrogen-bond donors (Lipinski definition) is 3. The van der Waals surface area contributed by atoms with Crippen molar-refractivity contribution >= 4 is 50.2 Å². The minimum atomic E-state index is -5.08. The SMILES string of the molecule is CN[C@@H](C)C(=O)N[C@H]1COc2ccccc2N(Cc2c(OC)ccc3cc(Br)ccc23)C1=O.O=C(O)C(F)(F)F. The number of carbonyl (C=O) groups excluding carboxylic acids is 2. The second-order valence-corrected chi connectivity index (χ2v) is 9.61. The van der Waals surface area contributed by atoms with Gasteiger partial charge in [0.25, 0.3) is 5.91 Å². The maximum Gasteiger partial charge on any atom is 0.490 e. The predicted octanol–water partition coefficient (Wildman–Crippen LogP) is 4.26. The number of para-hydroxylation sites is 2. The molecule has 214 valence electrons. The number of alkyl halides is 3. The van der Waals surface area contributed by atoms with Gasteiger partial charge < -0.3 is 30.1 Å². The molecule has 3 aromatic carbocycles. The number of carboxylic acids is 1. The molecule has 0 aromatic heterocycles. The Bertz CT molecular complexity index is 1400. The topological polar surface area (TPSA) is 117 Å². The van der Waals surface area contributed by atoms with E-state index in [1.807, 2.05) is 54.6 Å². The molecule has 0 radical (unpaired) electrons. The van der Waals surface area contributed by atoms with Gasteiger partial charge in [-0.3, -0.25) is 9.59 Å². The Labute approximate surface area is 236 Å². The smallest absolute Gasteiger partial charge is 0.490 e. The quantitative estimate of drug-likeness (QED) is 0.375. The Morgan fingerprint density at radius 3 is 2.50 bits per heavy atom. The fourth-order valence-electron chi connectivity index (χ4n) is 3.91. The third-order valence-electron chi connectivity index (χ3n) is 6.10. The van der Waals surface area contributed by atoms with Crippen LogP contribution in [0.3, 0.4) is 0 Å². The number of anilines is 1. The maximum absolute atomic E-state index is 13.7. The molecule has 1 aliphatic rings. The molecule has 2 atom stereocenters. The highest BCUT2D eigenvalue weighted by Gasteiger charge is 2.38. The first-order valence-electron chi connectivity index (χ1n) is 11.9. The van der Waals surface area contributed by atoms with Gasteiger partial charge in [0.1, 0.15) is 24.1 Å². The summed E-state index contributed by atoms with van der Waals surface area (Å²) >= 11 is 3.52. The van der Waals surface area contributed by atoms with Crippen molar-refractivity contribution < 1.29 is 42.1 Å². The van der Waals surface area contributed by atoms with Crippen LogP contribution in [0.1, 0.15) is 12.5 Å². The summed E-state index contributed by atoms with van der Waals surface area (Å²) in [6, 6.07) is 16.0. The van der Waals surface area contributed by atoms with E-state index in [2.05, 4.69) is 26.6 Å². The number of nitrogens with one attached hydrogen (secondary N) is 2. The number of fused-ring (bicyclic) bond motifs is 2. The molecule has 1 heterocycles. The van der Waals surface area contributed by atoms with E-state index in [-0.39, 0.29) is 25.0 Å². The molecule has 0 bridgehead atoms. The number of halogens is 4. The number of hydrogen-bond acceptors (Lipinski definition) is 6. The van der Waals surface area contributed by atoms with E-state index in [0.717, 1.165) is 20.8 Å². The van der Waals surface area contributed by atoms with E-state index < -0.39 is 24.2 Å². The van der Waals surface area contributed by atoms with Gasteiger partial charge in [0.15, 0.2) is 0 Å². The lowest BCUT2D eigenvalue weighted by Crippen LogP contribution is -2.53. The van der Waals surface area contributed by atoms with Gasteiger partial charge in [-0.05, 0) is 55.1 Å². The van der Waals surface area contributed by atoms with Crippen LogP contribution in [-0.2, 0) is 20.9 Å². The zero-order valence-electron chi connectivity index (χ0n) is 21.7. The van der Waals surface area contributed by atoms with Crippen LogP contribution in [0.5, 0.6) is 11.5 Å². The van der Waals surface area contributed by atoms with E-state index in [9.17, 15) is 22.8 Å². The van der Waals surface area contributed by atoms with Crippen molar-refractivity contribution in [2.45, 2.75) is 31.7 Å². The number of methoxy groups -OCH3 is 1. The van der Waals surface area contributed by atoms with Crippen LogP contribution < -0.4 is 25.0 Å². The van der Waals surface area contributed by atoms with Crippen LogP contribution in [0, 0.1) is 0 Å². The number of nitrogens with zero attached hydrogens (tertiary/aromatic N) is 1. The molecule has 0 saturated carbocycles. The summed E-state index contributed by atoms with van der Waals surface area (Å²) in [5, 5.41) is 14.9. The summed E-state index contributed by atoms with van der Waals surface area (Å²) in [6.45, 7) is 2.05. The van der Waals surface area contributed by atoms with Gasteiger partial charge in [-0.2, -0.15) is 13.2 Å². The maximum atomic E-state index is 13.7. The van der Waals surface area contributed by atoms with Gasteiger partial charge in [0, 0.05) is 10.0 Å². The van der Waals surface area contributed by atoms with Crippen molar-refractivity contribution in [3.05, 3.63) is 64.6 Å². The lowest BCUT2D eigenvalue weighted by molar-refractivity contribution is -0.192. The van der Waals surface area contributed by atoms with Crippen molar-refractivity contribution in [1.82, 2.24) is 10.6 Å². The van der Waals surface area contributed by atoms with Crippen molar-refractivity contribution in [1.29, 1.82) is 0 Å². The monoisotopic (exact) mass is 625 g/mol. The standard InChI is InChI=1S/C25H26BrN3O4.C2HF3O2/c1-15(27-2)24(30)28-20-14-33-23-7-5-4-6-21(23)29(25(20)31)13-19-18-10-9-17(26)12-16(18)8-11-22(19)32-3;3-2(4,5)1(6)7/h4-12,15,20,27H,13-14H2,1-3H3,(H,28,30);(H,6,7)/t15-,20-;/m0./s1. The van der Waals surface area contributed by atoms with Crippen molar-refractivity contribution in [3.63, 3.8) is 0 Å². The number of amides is 2. The molecule has 0 aliphatic carbocycles. The summed E-state index contributed by atoms with van der Waals surface area (Å²) in [5.41, 5.74) is 1.53. The predicted molar refractivity (Wildman–Crippen MR) is 145 cm³/mol. The van der Waals surface area contributed by atoms with E-state index in [1.54, 1.807) is 26.0 Å². The number of aliphatic carboxylic acids is 1. The summed E-state index contributed by atoms with van der Waals surface area (Å²) in [4.78, 5) is 36.8. The second kappa shape index (κ2) is 13.0. The van der Waals surface area contributed by atoms with Gasteiger partial charge >= 0.3 is 12.1 Å². The van der Waals surface area contributed by atoms with Gasteiger partial charge in [-0.15, -0.1) is 0 Å². The Hall–Kier alpha value is -3.84. The summed E-state index contributed by atoms with van der Waals surface area (Å²) in [6.07, 6.45) is -5.08. The highest BCUT2D eigenvalue weighted by molar-refractivity contribution is 9.10. The van der Waals surface area contributed by atoms with E-state index >= 15 is 0 Å². The molecule has 4 rings (SSSR count). The molecule has 3 aromatic rings.